The molecule has 1 atom stereocenters. The molecule has 1 aliphatic heterocycles. The molecule has 98 valence electrons. The summed E-state index contributed by atoms with van der Waals surface area (Å²) in [6, 6.07) is 8.06. The summed E-state index contributed by atoms with van der Waals surface area (Å²) in [5.74, 6) is 5.59. The van der Waals surface area contributed by atoms with E-state index in [1.165, 1.54) is 27.9 Å². The maximum atomic E-state index is 11.5. The van der Waals surface area contributed by atoms with Crippen LogP contribution >= 0.6 is 34.4 Å². The van der Waals surface area contributed by atoms with Crippen LogP contribution in [0, 0.1) is 0 Å². The van der Waals surface area contributed by atoms with Gasteiger partial charge in [-0.25, -0.2) is 0 Å². The summed E-state index contributed by atoms with van der Waals surface area (Å²) >= 11 is 4.11. The summed E-state index contributed by atoms with van der Waals surface area (Å²) in [7, 11) is 0.399. The van der Waals surface area contributed by atoms with Crippen LogP contribution in [0.2, 0.25) is 0 Å². The molecule has 0 bridgehead atoms. The number of rotatable bonds is 3. The third-order valence-corrected chi connectivity index (χ3v) is 6.99. The molecule has 1 unspecified atom stereocenters. The monoisotopic (exact) mass is 395 g/mol. The molecule has 1 aromatic rings. The Balaban J connectivity index is 1.98. The molecule has 0 aliphatic carbocycles. The fourth-order valence-corrected chi connectivity index (χ4v) is 5.74. The Hall–Kier alpha value is 0.120. The molecule has 0 spiro atoms. The molecule has 2 nitrogen and oxygen atoms in total. The molecule has 18 heavy (non-hydrogen) atoms. The molecule has 0 N–H and O–H groups in total. The van der Waals surface area contributed by atoms with Gasteiger partial charge in [0.2, 0.25) is 0 Å². The first-order chi connectivity index (χ1) is 8.66. The van der Waals surface area contributed by atoms with Crippen molar-refractivity contribution in [2.24, 2.45) is 0 Å². The minimum absolute atomic E-state index is 0.112. The number of esters is 1. The zero-order valence-corrected chi connectivity index (χ0v) is 14.0. The van der Waals surface area contributed by atoms with Gasteiger partial charge >= 0.3 is 5.97 Å². The molecule has 0 amide bonds. The van der Waals surface area contributed by atoms with Crippen LogP contribution in [0.5, 0.6) is 5.75 Å². The summed E-state index contributed by atoms with van der Waals surface area (Å²) in [4.78, 5) is 12.9. The maximum Gasteiger partial charge on any atom is 0.323 e. The predicted octanol–water partition coefficient (Wildman–Crippen LogP) is 3.14. The molecule has 1 aliphatic rings. The fraction of sp³-hybridized carbons (Fsp3) is 0.462. The summed E-state index contributed by atoms with van der Waals surface area (Å²) in [5, 5.41) is 0. The van der Waals surface area contributed by atoms with Gasteiger partial charge in [0.1, 0.15) is 21.2 Å². The van der Waals surface area contributed by atoms with E-state index in [2.05, 4.69) is 34.7 Å². The topological polar surface area (TPSA) is 26.3 Å². The lowest BCUT2D eigenvalue weighted by Crippen LogP contribution is -2.21. The highest BCUT2D eigenvalue weighted by Gasteiger charge is 2.24. The molecule has 0 saturated carbocycles. The van der Waals surface area contributed by atoms with Crippen molar-refractivity contribution in [1.29, 1.82) is 0 Å². The van der Waals surface area contributed by atoms with E-state index >= 15 is 0 Å². The number of carbonyl (C=O) groups is 1. The van der Waals surface area contributed by atoms with Crippen LogP contribution in [0.4, 0.5) is 0 Å². The predicted molar refractivity (Wildman–Crippen MR) is 88.2 cm³/mol. The lowest BCUT2D eigenvalue weighted by Gasteiger charge is -2.13. The van der Waals surface area contributed by atoms with E-state index in [0.717, 1.165) is 0 Å². The Kier molecular flexibility index (Phi) is 5.69. The van der Waals surface area contributed by atoms with Crippen molar-refractivity contribution in [3.63, 3.8) is 0 Å². The largest absolute Gasteiger partial charge is 0.426 e. The second-order valence-corrected chi connectivity index (χ2v) is 9.39. The third kappa shape index (κ3) is 4.06. The Morgan fingerprint density at radius 1 is 1.33 bits per heavy atom. The number of alkyl halides is 1. The molecular formula is C13H16IO2S2+. The van der Waals surface area contributed by atoms with Gasteiger partial charge in [-0.3, -0.25) is 4.79 Å². The minimum atomic E-state index is -0.181. The molecule has 1 fully saturated rings. The van der Waals surface area contributed by atoms with E-state index < -0.39 is 0 Å². The first-order valence-corrected chi connectivity index (χ1v) is 9.84. The van der Waals surface area contributed by atoms with Gasteiger partial charge in [-0.1, -0.05) is 22.6 Å². The standard InChI is InChI=1S/C13H16IO2S2/c1-10(14)13(15)16-11-2-4-12(5-3-11)18-8-6-17-7-9-18/h2-5,10H,6-9H2,1H3/q+1. The third-order valence-electron chi connectivity index (χ3n) is 2.65. The molecular weight excluding hydrogens is 379 g/mol. The molecule has 2 rings (SSSR count). The Morgan fingerprint density at radius 3 is 2.50 bits per heavy atom. The normalized spacial score (nSPS) is 18.3. The smallest absolute Gasteiger partial charge is 0.323 e. The van der Waals surface area contributed by atoms with Crippen molar-refractivity contribution < 1.29 is 9.53 Å². The lowest BCUT2D eigenvalue weighted by atomic mass is 10.3. The average Bonchev–Trinajstić information content (AvgIpc) is 2.40. The van der Waals surface area contributed by atoms with Gasteiger partial charge in [-0.15, -0.1) is 0 Å². The SMILES string of the molecule is CC(I)C(=O)Oc1ccc([S+]2CCSCC2)cc1. The van der Waals surface area contributed by atoms with Gasteiger partial charge in [-0.05, 0) is 31.2 Å². The van der Waals surface area contributed by atoms with E-state index in [1.54, 1.807) is 0 Å². The summed E-state index contributed by atoms with van der Waals surface area (Å²) in [6.45, 7) is 1.83. The second-order valence-electron chi connectivity index (χ2n) is 4.02. The highest BCUT2D eigenvalue weighted by molar-refractivity contribution is 14.1. The van der Waals surface area contributed by atoms with Crippen molar-refractivity contribution in [1.82, 2.24) is 0 Å². The number of hydrogen-bond acceptors (Lipinski definition) is 3. The zero-order valence-electron chi connectivity index (χ0n) is 10.2. The molecule has 1 saturated heterocycles. The molecule has 5 heteroatoms. The number of ether oxygens (including phenoxy) is 1. The van der Waals surface area contributed by atoms with E-state index in [0.29, 0.717) is 16.6 Å². The Labute approximate surface area is 129 Å². The second kappa shape index (κ2) is 7.05. The molecule has 1 heterocycles. The van der Waals surface area contributed by atoms with Crippen molar-refractivity contribution in [2.75, 3.05) is 23.0 Å². The van der Waals surface area contributed by atoms with E-state index in [9.17, 15) is 4.79 Å². The number of hydrogen-bond donors (Lipinski definition) is 0. The first kappa shape index (κ1) is 14.5. The first-order valence-electron chi connectivity index (χ1n) is 5.88. The van der Waals surface area contributed by atoms with Gasteiger partial charge in [-0.2, -0.15) is 11.8 Å². The van der Waals surface area contributed by atoms with Crippen LogP contribution in [-0.4, -0.2) is 32.9 Å². The van der Waals surface area contributed by atoms with Crippen LogP contribution in [0.3, 0.4) is 0 Å². The van der Waals surface area contributed by atoms with Gasteiger partial charge in [0.05, 0.1) is 0 Å². The number of thioether (sulfide) groups is 1. The van der Waals surface area contributed by atoms with Gasteiger partial charge in [0, 0.05) is 22.4 Å². The van der Waals surface area contributed by atoms with Crippen molar-refractivity contribution in [2.45, 2.75) is 15.7 Å². The minimum Gasteiger partial charge on any atom is -0.426 e. The lowest BCUT2D eigenvalue weighted by molar-refractivity contribution is -0.133. The van der Waals surface area contributed by atoms with Crippen LogP contribution < -0.4 is 4.74 Å². The van der Waals surface area contributed by atoms with Gasteiger partial charge < -0.3 is 4.74 Å². The molecule has 0 aromatic heterocycles. The van der Waals surface area contributed by atoms with E-state index in [1.807, 2.05) is 30.8 Å². The van der Waals surface area contributed by atoms with Gasteiger partial charge in [0.25, 0.3) is 0 Å². The highest BCUT2D eigenvalue weighted by atomic mass is 127. The van der Waals surface area contributed by atoms with Crippen molar-refractivity contribution in [3.8, 4) is 5.75 Å². The van der Waals surface area contributed by atoms with Crippen molar-refractivity contribution >= 4 is 51.2 Å². The Bertz CT molecular complexity index is 400. The Morgan fingerprint density at radius 2 is 1.94 bits per heavy atom. The average molecular weight is 395 g/mol. The quantitative estimate of drug-likeness (QED) is 0.259. The van der Waals surface area contributed by atoms with Crippen LogP contribution in [0.1, 0.15) is 6.92 Å². The van der Waals surface area contributed by atoms with E-state index in [4.69, 9.17) is 4.74 Å². The van der Waals surface area contributed by atoms with Crippen LogP contribution in [-0.2, 0) is 15.7 Å². The fourth-order valence-electron chi connectivity index (χ4n) is 1.66. The molecule has 1 aromatic carbocycles. The van der Waals surface area contributed by atoms with Crippen molar-refractivity contribution in [3.05, 3.63) is 24.3 Å². The summed E-state index contributed by atoms with van der Waals surface area (Å²) < 4.78 is 5.16. The number of carbonyl (C=O) groups excluding carboxylic acids is 1. The van der Waals surface area contributed by atoms with Crippen LogP contribution in [0.25, 0.3) is 0 Å². The molecule has 0 radical (unpaired) electrons. The maximum absolute atomic E-state index is 11.5. The van der Waals surface area contributed by atoms with Crippen LogP contribution in [0.15, 0.2) is 29.2 Å². The zero-order chi connectivity index (χ0) is 13.0. The highest BCUT2D eigenvalue weighted by Crippen LogP contribution is 2.24. The van der Waals surface area contributed by atoms with Gasteiger partial charge in [0.15, 0.2) is 4.90 Å². The van der Waals surface area contributed by atoms with E-state index in [-0.39, 0.29) is 9.89 Å². The number of halogens is 1. The summed E-state index contributed by atoms with van der Waals surface area (Å²) in [6.07, 6.45) is 0. The summed E-state index contributed by atoms with van der Waals surface area (Å²) in [5.41, 5.74) is 0. The number of benzene rings is 1.